The van der Waals surface area contributed by atoms with E-state index in [0.29, 0.717) is 26.2 Å². The molecule has 0 radical (unpaired) electrons. The van der Waals surface area contributed by atoms with Crippen molar-refractivity contribution in [2.75, 3.05) is 38.1 Å². The Bertz CT molecular complexity index is 638. The van der Waals surface area contributed by atoms with Gasteiger partial charge in [-0.15, -0.1) is 0 Å². The number of esters is 1. The topological polar surface area (TPSA) is 96.0 Å². The summed E-state index contributed by atoms with van der Waals surface area (Å²) in [6, 6.07) is 6.33. The molecule has 0 unspecified atom stereocenters. The number of para-hydroxylation sites is 1. The van der Waals surface area contributed by atoms with Crippen molar-refractivity contribution in [1.29, 1.82) is 0 Å². The van der Waals surface area contributed by atoms with E-state index in [1.165, 1.54) is 21.9 Å². The predicted molar refractivity (Wildman–Crippen MR) is 85.2 cm³/mol. The number of nitrogens with one attached hydrogen (secondary N) is 1. The molecule has 1 aliphatic rings. The molecule has 8 heteroatoms. The molecule has 1 aromatic carbocycles. The summed E-state index contributed by atoms with van der Waals surface area (Å²) in [6.07, 6.45) is 0.720. The van der Waals surface area contributed by atoms with E-state index >= 15 is 0 Å². The molecule has 1 N–H and O–H groups in total. The van der Waals surface area contributed by atoms with Crippen molar-refractivity contribution in [3.8, 4) is 0 Å². The summed E-state index contributed by atoms with van der Waals surface area (Å²) >= 11 is 0. The van der Waals surface area contributed by atoms with Gasteiger partial charge in [0.25, 0.3) is 0 Å². The molecule has 8 nitrogen and oxygen atoms in total. The monoisotopic (exact) mass is 333 g/mol. The summed E-state index contributed by atoms with van der Waals surface area (Å²) in [5.74, 6) is -2.09. The summed E-state index contributed by atoms with van der Waals surface area (Å²) in [4.78, 5) is 49.8. The van der Waals surface area contributed by atoms with Gasteiger partial charge in [0.15, 0.2) is 0 Å². The standard InChI is InChI=1S/C16H19N3O5/c1-2-24-16(23)12-5-3-4-6-13(12)17-14(21)15(22)19-9-7-18(11-20)8-10-19/h3-6,11H,2,7-10H2,1H3,(H,17,21). The van der Waals surface area contributed by atoms with E-state index in [4.69, 9.17) is 4.74 Å². The Balaban J connectivity index is 2.03. The molecule has 1 saturated heterocycles. The Labute approximate surface area is 139 Å². The number of benzene rings is 1. The van der Waals surface area contributed by atoms with E-state index in [1.54, 1.807) is 19.1 Å². The molecule has 128 valence electrons. The normalized spacial score (nSPS) is 14.0. The Morgan fingerprint density at radius 2 is 1.83 bits per heavy atom. The number of anilines is 1. The Morgan fingerprint density at radius 3 is 2.46 bits per heavy atom. The minimum Gasteiger partial charge on any atom is -0.462 e. The molecule has 0 aliphatic carbocycles. The maximum absolute atomic E-state index is 12.2. The molecule has 0 aromatic heterocycles. The first-order chi connectivity index (χ1) is 11.6. The van der Waals surface area contributed by atoms with Crippen molar-refractivity contribution in [2.24, 2.45) is 0 Å². The average Bonchev–Trinajstić information content (AvgIpc) is 2.61. The molecular formula is C16H19N3O5. The third-order valence-electron chi connectivity index (χ3n) is 3.62. The van der Waals surface area contributed by atoms with Gasteiger partial charge in [-0.25, -0.2) is 4.79 Å². The molecule has 0 bridgehead atoms. The molecule has 2 rings (SSSR count). The van der Waals surface area contributed by atoms with Crippen LogP contribution in [0.1, 0.15) is 17.3 Å². The van der Waals surface area contributed by atoms with Crippen LogP contribution in [0, 0.1) is 0 Å². The molecule has 0 atom stereocenters. The number of carbonyl (C=O) groups excluding carboxylic acids is 4. The number of hydrogen-bond acceptors (Lipinski definition) is 5. The van der Waals surface area contributed by atoms with Gasteiger partial charge < -0.3 is 19.9 Å². The van der Waals surface area contributed by atoms with Crippen molar-refractivity contribution in [1.82, 2.24) is 9.80 Å². The summed E-state index contributed by atoms with van der Waals surface area (Å²) in [5, 5.41) is 2.46. The van der Waals surface area contributed by atoms with Crippen LogP contribution in [0.2, 0.25) is 0 Å². The molecule has 1 aliphatic heterocycles. The predicted octanol–water partition coefficient (Wildman–Crippen LogP) is 0.102. The minimum atomic E-state index is -0.827. The van der Waals surface area contributed by atoms with E-state index in [0.717, 1.165) is 6.41 Å². The fourth-order valence-corrected chi connectivity index (χ4v) is 2.33. The van der Waals surface area contributed by atoms with Gasteiger partial charge >= 0.3 is 17.8 Å². The molecular weight excluding hydrogens is 314 g/mol. The van der Waals surface area contributed by atoms with Crippen LogP contribution in [0.25, 0.3) is 0 Å². The van der Waals surface area contributed by atoms with E-state index in [1.807, 2.05) is 0 Å². The maximum Gasteiger partial charge on any atom is 0.340 e. The van der Waals surface area contributed by atoms with Gasteiger partial charge in [-0.1, -0.05) is 12.1 Å². The van der Waals surface area contributed by atoms with Gasteiger partial charge in [0.1, 0.15) is 0 Å². The summed E-state index contributed by atoms with van der Waals surface area (Å²) in [6.45, 7) is 3.27. The van der Waals surface area contributed by atoms with Crippen molar-refractivity contribution in [3.05, 3.63) is 29.8 Å². The lowest BCUT2D eigenvalue weighted by Gasteiger charge is -2.32. The van der Waals surface area contributed by atoms with Crippen LogP contribution in [0.4, 0.5) is 5.69 Å². The summed E-state index contributed by atoms with van der Waals surface area (Å²) in [5.41, 5.74) is 0.409. The Hall–Kier alpha value is -2.90. The zero-order valence-electron chi connectivity index (χ0n) is 13.4. The minimum absolute atomic E-state index is 0.186. The number of nitrogens with zero attached hydrogens (tertiary/aromatic N) is 2. The molecule has 1 heterocycles. The second-order valence-electron chi connectivity index (χ2n) is 5.15. The third kappa shape index (κ3) is 4.09. The lowest BCUT2D eigenvalue weighted by atomic mass is 10.1. The number of piperazine rings is 1. The number of ether oxygens (including phenoxy) is 1. The van der Waals surface area contributed by atoms with Gasteiger partial charge in [0, 0.05) is 26.2 Å². The third-order valence-corrected chi connectivity index (χ3v) is 3.62. The second kappa shape index (κ2) is 8.09. The lowest BCUT2D eigenvalue weighted by Crippen LogP contribution is -2.51. The molecule has 0 saturated carbocycles. The molecule has 24 heavy (non-hydrogen) atoms. The van der Waals surface area contributed by atoms with Crippen molar-refractivity contribution in [3.63, 3.8) is 0 Å². The number of carbonyl (C=O) groups is 4. The van der Waals surface area contributed by atoms with Gasteiger partial charge in [-0.3, -0.25) is 14.4 Å². The Kier molecular flexibility index (Phi) is 5.89. The van der Waals surface area contributed by atoms with E-state index in [-0.39, 0.29) is 17.9 Å². The smallest absolute Gasteiger partial charge is 0.340 e. The van der Waals surface area contributed by atoms with E-state index in [9.17, 15) is 19.2 Å². The van der Waals surface area contributed by atoms with Crippen LogP contribution in [0.5, 0.6) is 0 Å². The number of amides is 3. The zero-order valence-corrected chi connectivity index (χ0v) is 13.4. The lowest BCUT2D eigenvalue weighted by molar-refractivity contribution is -0.144. The highest BCUT2D eigenvalue weighted by Gasteiger charge is 2.26. The van der Waals surface area contributed by atoms with Gasteiger partial charge in [-0.05, 0) is 19.1 Å². The fraction of sp³-hybridized carbons (Fsp3) is 0.375. The van der Waals surface area contributed by atoms with Gasteiger partial charge in [-0.2, -0.15) is 0 Å². The average molecular weight is 333 g/mol. The second-order valence-corrected chi connectivity index (χ2v) is 5.15. The highest BCUT2D eigenvalue weighted by atomic mass is 16.5. The van der Waals surface area contributed by atoms with Crippen LogP contribution in [0.15, 0.2) is 24.3 Å². The van der Waals surface area contributed by atoms with Crippen LogP contribution >= 0.6 is 0 Å². The zero-order chi connectivity index (χ0) is 17.5. The van der Waals surface area contributed by atoms with Crippen LogP contribution in [0.3, 0.4) is 0 Å². The van der Waals surface area contributed by atoms with Crippen LogP contribution in [-0.2, 0) is 19.1 Å². The van der Waals surface area contributed by atoms with Crippen LogP contribution in [-0.4, -0.2) is 66.8 Å². The Morgan fingerprint density at radius 1 is 1.17 bits per heavy atom. The quantitative estimate of drug-likeness (QED) is 0.479. The molecule has 1 fully saturated rings. The van der Waals surface area contributed by atoms with E-state index < -0.39 is 17.8 Å². The molecule has 1 aromatic rings. The van der Waals surface area contributed by atoms with Crippen molar-refractivity contribution < 1.29 is 23.9 Å². The molecule has 0 spiro atoms. The highest BCUT2D eigenvalue weighted by molar-refractivity contribution is 6.39. The van der Waals surface area contributed by atoms with Gasteiger partial charge in [0.05, 0.1) is 17.9 Å². The van der Waals surface area contributed by atoms with Gasteiger partial charge in [0.2, 0.25) is 6.41 Å². The number of rotatable bonds is 4. The van der Waals surface area contributed by atoms with Crippen molar-refractivity contribution in [2.45, 2.75) is 6.92 Å². The van der Waals surface area contributed by atoms with Crippen LogP contribution < -0.4 is 5.32 Å². The fourth-order valence-electron chi connectivity index (χ4n) is 2.33. The first-order valence-electron chi connectivity index (χ1n) is 7.62. The summed E-state index contributed by atoms with van der Waals surface area (Å²) < 4.78 is 4.93. The SMILES string of the molecule is CCOC(=O)c1ccccc1NC(=O)C(=O)N1CCN(C=O)CC1. The van der Waals surface area contributed by atoms with Crippen molar-refractivity contribution >= 4 is 29.9 Å². The number of hydrogen-bond donors (Lipinski definition) is 1. The first kappa shape index (κ1) is 17.5. The largest absolute Gasteiger partial charge is 0.462 e. The summed E-state index contributed by atoms with van der Waals surface area (Å²) in [7, 11) is 0. The van der Waals surface area contributed by atoms with E-state index in [2.05, 4.69) is 5.32 Å². The highest BCUT2D eigenvalue weighted by Crippen LogP contribution is 2.16. The first-order valence-corrected chi connectivity index (χ1v) is 7.62. The molecule has 3 amide bonds. The maximum atomic E-state index is 12.2.